The first-order chi connectivity index (χ1) is 16.4. The van der Waals surface area contributed by atoms with Crippen molar-refractivity contribution < 1.29 is 33.9 Å². The Balaban J connectivity index is 1.31. The van der Waals surface area contributed by atoms with Crippen molar-refractivity contribution in [2.75, 3.05) is 13.2 Å². The second-order valence-electron chi connectivity index (χ2n) is 7.82. The van der Waals surface area contributed by atoms with Gasteiger partial charge in [0.2, 0.25) is 0 Å². The van der Waals surface area contributed by atoms with Crippen molar-refractivity contribution in [2.45, 2.75) is 25.0 Å². The average Bonchev–Trinajstić information content (AvgIpc) is 3.42. The van der Waals surface area contributed by atoms with Gasteiger partial charge < -0.3 is 30.1 Å². The number of rotatable bonds is 9. The number of carboxylic acids is 1. The van der Waals surface area contributed by atoms with Gasteiger partial charge >= 0.3 is 12.1 Å². The number of aromatic nitrogens is 1. The van der Waals surface area contributed by atoms with E-state index in [1.165, 1.54) is 0 Å². The molecular formula is C24H23N3O7. The normalized spacial score (nSPS) is 13.0. The highest BCUT2D eigenvalue weighted by Crippen LogP contribution is 2.44. The molecule has 1 unspecified atom stereocenters. The van der Waals surface area contributed by atoms with Crippen LogP contribution in [0.25, 0.3) is 11.1 Å². The molecule has 0 aliphatic heterocycles. The van der Waals surface area contributed by atoms with E-state index in [1.54, 1.807) is 0 Å². The van der Waals surface area contributed by atoms with E-state index >= 15 is 0 Å². The molecule has 0 bridgehead atoms. The Labute approximate surface area is 194 Å². The van der Waals surface area contributed by atoms with Crippen LogP contribution in [0.3, 0.4) is 0 Å². The third-order valence-electron chi connectivity index (χ3n) is 5.54. The maximum absolute atomic E-state index is 12.3. The minimum absolute atomic E-state index is 0.0569. The summed E-state index contributed by atoms with van der Waals surface area (Å²) in [5.74, 6) is -1.88. The molecule has 10 heteroatoms. The summed E-state index contributed by atoms with van der Waals surface area (Å²) in [4.78, 5) is 35.2. The Morgan fingerprint density at radius 3 is 2.32 bits per heavy atom. The summed E-state index contributed by atoms with van der Waals surface area (Å²) in [7, 11) is 0. The van der Waals surface area contributed by atoms with Crippen molar-refractivity contribution in [3.63, 3.8) is 0 Å². The summed E-state index contributed by atoms with van der Waals surface area (Å²) >= 11 is 0. The number of hydrogen-bond acceptors (Lipinski definition) is 7. The van der Waals surface area contributed by atoms with Crippen LogP contribution in [0.4, 0.5) is 4.79 Å². The van der Waals surface area contributed by atoms with Gasteiger partial charge in [-0.2, -0.15) is 0 Å². The molecule has 1 atom stereocenters. The molecule has 176 valence electrons. The van der Waals surface area contributed by atoms with Crippen molar-refractivity contribution in [1.29, 1.82) is 0 Å². The van der Waals surface area contributed by atoms with Crippen LogP contribution in [0.1, 0.15) is 39.5 Å². The molecule has 2 aromatic carbocycles. The fourth-order valence-corrected chi connectivity index (χ4v) is 3.96. The second kappa shape index (κ2) is 10.2. The smallest absolute Gasteiger partial charge is 0.407 e. The number of carboxylic acid groups (broad SMARTS) is 1. The quantitative estimate of drug-likeness (QED) is 0.376. The van der Waals surface area contributed by atoms with E-state index in [2.05, 4.69) is 15.8 Å². The number of aliphatic carboxylic acids is 1. The number of aliphatic hydroxyl groups is 1. The molecule has 1 heterocycles. The van der Waals surface area contributed by atoms with Gasteiger partial charge in [0.1, 0.15) is 24.1 Å². The highest BCUT2D eigenvalue weighted by molar-refractivity contribution is 5.95. The van der Waals surface area contributed by atoms with E-state index in [1.807, 2.05) is 48.5 Å². The molecule has 0 saturated heterocycles. The molecule has 0 fully saturated rings. The number of alkyl carbamates (subject to hydrolysis) is 1. The van der Waals surface area contributed by atoms with Crippen LogP contribution in [-0.2, 0) is 16.1 Å². The van der Waals surface area contributed by atoms with E-state index in [0.717, 1.165) is 28.5 Å². The zero-order valence-electron chi connectivity index (χ0n) is 18.1. The summed E-state index contributed by atoms with van der Waals surface area (Å²) < 4.78 is 10.3. The van der Waals surface area contributed by atoms with Crippen LogP contribution in [0.15, 0.2) is 59.3 Å². The number of aliphatic hydroxyl groups excluding tert-OH is 1. The molecule has 3 aromatic rings. The third-order valence-corrected chi connectivity index (χ3v) is 5.54. The monoisotopic (exact) mass is 465 g/mol. The van der Waals surface area contributed by atoms with Gasteiger partial charge in [0.15, 0.2) is 0 Å². The Bertz CT molecular complexity index is 1160. The molecule has 0 radical (unpaired) electrons. The zero-order chi connectivity index (χ0) is 24.1. The number of carbonyl (C=O) groups is 3. The highest BCUT2D eigenvalue weighted by atomic mass is 16.5. The number of amides is 2. The lowest BCUT2D eigenvalue weighted by Gasteiger charge is -2.14. The molecule has 1 aromatic heterocycles. The lowest BCUT2D eigenvalue weighted by atomic mass is 9.98. The van der Waals surface area contributed by atoms with Crippen molar-refractivity contribution in [1.82, 2.24) is 15.8 Å². The number of fused-ring (bicyclic) bond motifs is 3. The van der Waals surface area contributed by atoms with Crippen molar-refractivity contribution in [3.8, 4) is 11.1 Å². The van der Waals surface area contributed by atoms with Crippen LogP contribution in [0, 0.1) is 0 Å². The van der Waals surface area contributed by atoms with Crippen molar-refractivity contribution in [3.05, 3.63) is 77.2 Å². The third kappa shape index (κ3) is 5.07. The van der Waals surface area contributed by atoms with Crippen LogP contribution >= 0.6 is 0 Å². The van der Waals surface area contributed by atoms with E-state index < -0.39 is 30.5 Å². The molecule has 1 aliphatic carbocycles. The minimum atomic E-state index is -1.23. The Morgan fingerprint density at radius 1 is 1.03 bits per heavy atom. The molecule has 0 saturated carbocycles. The first-order valence-electron chi connectivity index (χ1n) is 10.6. The van der Waals surface area contributed by atoms with Crippen LogP contribution in [0.2, 0.25) is 0 Å². The van der Waals surface area contributed by atoms with E-state index in [4.69, 9.17) is 14.4 Å². The topological polar surface area (TPSA) is 151 Å². The molecular weight excluding hydrogens is 442 g/mol. The molecule has 4 N–H and O–H groups in total. The number of hydrogen-bond donors (Lipinski definition) is 4. The van der Waals surface area contributed by atoms with Gasteiger partial charge in [-0.1, -0.05) is 53.7 Å². The fraction of sp³-hybridized carbons (Fsp3) is 0.250. The van der Waals surface area contributed by atoms with Crippen molar-refractivity contribution in [2.24, 2.45) is 0 Å². The SMILES string of the molecule is O=C(O)CC(O)CNC(=O)c1conc1CNC(=O)OCC1c2ccccc2-c2ccccc21. The minimum Gasteiger partial charge on any atom is -0.481 e. The fourth-order valence-electron chi connectivity index (χ4n) is 3.96. The lowest BCUT2D eigenvalue weighted by molar-refractivity contribution is -0.139. The first kappa shape index (κ1) is 23.0. The summed E-state index contributed by atoms with van der Waals surface area (Å²) in [5, 5.41) is 26.9. The molecule has 2 amide bonds. The second-order valence-corrected chi connectivity index (χ2v) is 7.82. The van der Waals surface area contributed by atoms with Crippen LogP contribution in [0.5, 0.6) is 0 Å². The molecule has 10 nitrogen and oxygen atoms in total. The molecule has 1 aliphatic rings. The maximum Gasteiger partial charge on any atom is 0.407 e. The Hall–Kier alpha value is -4.18. The maximum atomic E-state index is 12.3. The van der Waals surface area contributed by atoms with E-state index in [-0.39, 0.29) is 36.9 Å². The number of nitrogens with zero attached hydrogens (tertiary/aromatic N) is 1. The highest BCUT2D eigenvalue weighted by Gasteiger charge is 2.29. The van der Waals surface area contributed by atoms with Crippen LogP contribution in [-0.4, -0.2) is 52.6 Å². The van der Waals surface area contributed by atoms with Gasteiger partial charge in [-0.3, -0.25) is 9.59 Å². The Kier molecular flexibility index (Phi) is 6.88. The largest absolute Gasteiger partial charge is 0.481 e. The first-order valence-corrected chi connectivity index (χ1v) is 10.6. The number of benzene rings is 2. The number of nitrogens with one attached hydrogen (secondary N) is 2. The van der Waals surface area contributed by atoms with Gasteiger partial charge in [-0.15, -0.1) is 0 Å². The summed E-state index contributed by atoms with van der Waals surface area (Å²) in [6, 6.07) is 16.0. The summed E-state index contributed by atoms with van der Waals surface area (Å²) in [5.41, 5.74) is 4.66. The van der Waals surface area contributed by atoms with Crippen LogP contribution < -0.4 is 10.6 Å². The van der Waals surface area contributed by atoms with Gasteiger partial charge in [-0.25, -0.2) is 4.79 Å². The van der Waals surface area contributed by atoms with Gasteiger partial charge in [0, 0.05) is 12.5 Å². The van der Waals surface area contributed by atoms with Gasteiger partial charge in [0.25, 0.3) is 5.91 Å². The Morgan fingerprint density at radius 2 is 1.68 bits per heavy atom. The summed E-state index contributed by atoms with van der Waals surface area (Å²) in [6.45, 7) is -0.226. The predicted octanol–water partition coefficient (Wildman–Crippen LogP) is 2.28. The molecule has 0 spiro atoms. The predicted molar refractivity (Wildman–Crippen MR) is 119 cm³/mol. The van der Waals surface area contributed by atoms with E-state index in [0.29, 0.717) is 0 Å². The molecule has 34 heavy (non-hydrogen) atoms. The number of carbonyl (C=O) groups excluding carboxylic acids is 2. The van der Waals surface area contributed by atoms with Crippen molar-refractivity contribution >= 4 is 18.0 Å². The van der Waals surface area contributed by atoms with E-state index in [9.17, 15) is 19.5 Å². The summed E-state index contributed by atoms with van der Waals surface area (Å²) in [6.07, 6.45) is -1.30. The standard InChI is InChI=1S/C24H23N3O7/c28-14(9-22(29)30)10-25-23(31)20-13-34-27-21(20)11-26-24(32)33-12-19-17-7-3-1-5-15(17)16-6-2-4-8-18(16)19/h1-8,13-14,19,28H,9-12H2,(H,25,31)(H,26,32)(H,29,30). The zero-order valence-corrected chi connectivity index (χ0v) is 18.1. The van der Waals surface area contributed by atoms with Gasteiger partial charge in [0.05, 0.1) is 19.1 Å². The average molecular weight is 465 g/mol. The molecule has 4 rings (SSSR count). The lowest BCUT2D eigenvalue weighted by Crippen LogP contribution is -2.34. The van der Waals surface area contributed by atoms with Gasteiger partial charge in [-0.05, 0) is 22.3 Å². The number of ether oxygens (including phenoxy) is 1.